The van der Waals surface area contributed by atoms with Crippen molar-refractivity contribution in [1.29, 1.82) is 0 Å². The first-order valence-electron chi connectivity index (χ1n) is 9.50. The highest BCUT2D eigenvalue weighted by molar-refractivity contribution is 7.23. The van der Waals surface area contributed by atoms with Crippen molar-refractivity contribution in [2.75, 3.05) is 20.2 Å². The monoisotopic (exact) mass is 444 g/mol. The number of rotatable bonds is 4. The summed E-state index contributed by atoms with van der Waals surface area (Å²) in [7, 11) is 1.49. The molecule has 1 atom stereocenters. The maximum atomic E-state index is 14.9. The first-order chi connectivity index (χ1) is 14.6. The second-order valence-electron chi connectivity index (χ2n) is 7.25. The number of carbonyl (C=O) groups excluding carboxylic acids is 1. The van der Waals surface area contributed by atoms with E-state index in [0.29, 0.717) is 33.4 Å². The number of hydrogen-bond acceptors (Lipinski definition) is 5. The summed E-state index contributed by atoms with van der Waals surface area (Å²) in [5.41, 5.74) is 3.22. The summed E-state index contributed by atoms with van der Waals surface area (Å²) >= 11 is 6.88. The van der Waals surface area contributed by atoms with Crippen LogP contribution < -0.4 is 14.9 Å². The number of fused-ring (bicyclic) bond motifs is 3. The van der Waals surface area contributed by atoms with Crippen molar-refractivity contribution in [1.82, 2.24) is 19.5 Å². The van der Waals surface area contributed by atoms with E-state index in [1.165, 1.54) is 18.4 Å². The van der Waals surface area contributed by atoms with E-state index in [1.807, 2.05) is 16.7 Å². The Morgan fingerprint density at radius 3 is 2.97 bits per heavy atom. The van der Waals surface area contributed by atoms with Gasteiger partial charge in [0, 0.05) is 36.1 Å². The van der Waals surface area contributed by atoms with E-state index < -0.39 is 5.91 Å². The molecule has 9 heteroatoms. The van der Waals surface area contributed by atoms with Gasteiger partial charge in [0.15, 0.2) is 4.96 Å². The first-order valence-corrected chi connectivity index (χ1v) is 10.7. The Morgan fingerprint density at radius 2 is 2.27 bits per heavy atom. The molecule has 30 heavy (non-hydrogen) atoms. The third kappa shape index (κ3) is 3.12. The summed E-state index contributed by atoms with van der Waals surface area (Å²) in [6.07, 6.45) is 2.83. The number of halogens is 2. The van der Waals surface area contributed by atoms with Crippen LogP contribution in [0.5, 0.6) is 5.75 Å². The molecule has 0 bridgehead atoms. The van der Waals surface area contributed by atoms with E-state index in [4.69, 9.17) is 16.5 Å². The summed E-state index contributed by atoms with van der Waals surface area (Å²) in [6.45, 7) is 1.85. The molecule has 1 fully saturated rings. The number of thiazole rings is 1. The minimum Gasteiger partial charge on any atom is -0.496 e. The zero-order chi connectivity index (χ0) is 20.8. The lowest BCUT2D eigenvalue weighted by Crippen LogP contribution is -2.13. The van der Waals surface area contributed by atoms with E-state index in [-0.39, 0.29) is 5.82 Å². The summed E-state index contributed by atoms with van der Waals surface area (Å²) in [4.78, 5) is 19.4. The van der Waals surface area contributed by atoms with Gasteiger partial charge in [-0.1, -0.05) is 17.4 Å². The largest absolute Gasteiger partial charge is 0.496 e. The number of aromatic nitrogens is 2. The smallest absolute Gasteiger partial charge is 0.269 e. The molecule has 2 aromatic carbocycles. The maximum Gasteiger partial charge on any atom is 0.269 e. The maximum absolute atomic E-state index is 14.9. The molecule has 5 rings (SSSR count). The lowest BCUT2D eigenvalue weighted by molar-refractivity contribution is 0.0979. The minimum absolute atomic E-state index is 0.270. The van der Waals surface area contributed by atoms with E-state index >= 15 is 0 Å². The topological polar surface area (TPSA) is 67.7 Å². The Hall–Kier alpha value is -2.68. The molecule has 4 aromatic rings. The van der Waals surface area contributed by atoms with Crippen molar-refractivity contribution >= 4 is 44.2 Å². The van der Waals surface area contributed by atoms with Gasteiger partial charge in [-0.05, 0) is 42.6 Å². The van der Waals surface area contributed by atoms with E-state index in [0.717, 1.165) is 35.3 Å². The molecule has 1 amide bonds. The molecule has 154 valence electrons. The van der Waals surface area contributed by atoms with Gasteiger partial charge in [0.05, 0.1) is 28.6 Å². The van der Waals surface area contributed by atoms with Crippen molar-refractivity contribution < 1.29 is 13.9 Å². The predicted molar refractivity (Wildman–Crippen MR) is 116 cm³/mol. The molecule has 1 aliphatic rings. The molecule has 3 heterocycles. The number of nitrogens with zero attached hydrogens (tertiary/aromatic N) is 2. The van der Waals surface area contributed by atoms with Crippen LogP contribution in [0.2, 0.25) is 0 Å². The van der Waals surface area contributed by atoms with Crippen molar-refractivity contribution in [3.05, 3.63) is 53.5 Å². The fourth-order valence-corrected chi connectivity index (χ4v) is 5.12. The van der Waals surface area contributed by atoms with Gasteiger partial charge in [-0.25, -0.2) is 9.37 Å². The molecule has 2 aromatic heterocycles. The number of methoxy groups -OCH3 is 1. The van der Waals surface area contributed by atoms with Crippen LogP contribution in [-0.4, -0.2) is 35.5 Å². The molecule has 0 saturated carbocycles. The van der Waals surface area contributed by atoms with Crippen LogP contribution in [0.15, 0.2) is 36.5 Å². The Balaban J connectivity index is 1.57. The van der Waals surface area contributed by atoms with Crippen LogP contribution in [0, 0.1) is 5.82 Å². The van der Waals surface area contributed by atoms with Crippen LogP contribution in [0.4, 0.5) is 4.39 Å². The van der Waals surface area contributed by atoms with Crippen molar-refractivity contribution in [3.63, 3.8) is 0 Å². The van der Waals surface area contributed by atoms with Gasteiger partial charge in [0.25, 0.3) is 5.91 Å². The zero-order valence-corrected chi connectivity index (χ0v) is 17.6. The third-order valence-electron chi connectivity index (χ3n) is 5.55. The molecule has 0 radical (unpaired) electrons. The Kier molecular flexibility index (Phi) is 4.85. The van der Waals surface area contributed by atoms with Crippen LogP contribution in [0.25, 0.3) is 26.4 Å². The second kappa shape index (κ2) is 7.54. The van der Waals surface area contributed by atoms with Gasteiger partial charge < -0.3 is 10.1 Å². The molecule has 0 spiro atoms. The molecular formula is C21H18ClFN4O2S. The summed E-state index contributed by atoms with van der Waals surface area (Å²) in [6, 6.07) is 8.90. The minimum atomic E-state index is -0.443. The fourth-order valence-electron chi connectivity index (χ4n) is 3.98. The molecule has 2 N–H and O–H groups in total. The average Bonchev–Trinajstić information content (AvgIpc) is 3.48. The third-order valence-corrected chi connectivity index (χ3v) is 6.74. The van der Waals surface area contributed by atoms with E-state index in [2.05, 4.69) is 15.1 Å². The standard InChI is InChI=1S/C21H18ClFN4O2S/c1-29-18-8-17-19(7-14(18)20(28)26-22)30-21-25-16(10-27(17)21)13-3-2-11(6-15(13)23)12-4-5-24-9-12/h2-3,6-8,10,12,24H,4-5,9H2,1H3,(H,26,28). The van der Waals surface area contributed by atoms with Crippen molar-refractivity contribution in [3.8, 4) is 17.0 Å². The molecular weight excluding hydrogens is 427 g/mol. The number of carbonyl (C=O) groups is 1. The number of imidazole rings is 1. The number of amides is 1. The Bertz CT molecular complexity index is 1280. The van der Waals surface area contributed by atoms with Gasteiger partial charge >= 0.3 is 0 Å². The van der Waals surface area contributed by atoms with Gasteiger partial charge in [-0.3, -0.25) is 14.0 Å². The number of ether oxygens (including phenoxy) is 1. The summed E-state index contributed by atoms with van der Waals surface area (Å²) in [5.74, 6) is 0.0426. The lowest BCUT2D eigenvalue weighted by Gasteiger charge is -2.10. The molecule has 1 unspecified atom stereocenters. The van der Waals surface area contributed by atoms with Gasteiger partial charge in [0.1, 0.15) is 11.6 Å². The van der Waals surface area contributed by atoms with Gasteiger partial charge in [0.2, 0.25) is 0 Å². The Morgan fingerprint density at radius 1 is 1.40 bits per heavy atom. The fraction of sp³-hybridized carbons (Fsp3) is 0.238. The normalized spacial score (nSPS) is 16.4. The SMILES string of the molecule is COc1cc2c(cc1C(=O)NCl)sc1nc(-c3ccc(C4CCNC4)cc3F)cn12. The highest BCUT2D eigenvalue weighted by Gasteiger charge is 2.20. The number of benzene rings is 2. The van der Waals surface area contributed by atoms with Gasteiger partial charge in [-0.15, -0.1) is 0 Å². The molecule has 6 nitrogen and oxygen atoms in total. The van der Waals surface area contributed by atoms with Crippen molar-refractivity contribution in [2.45, 2.75) is 12.3 Å². The highest BCUT2D eigenvalue weighted by atomic mass is 35.5. The van der Waals surface area contributed by atoms with E-state index in [1.54, 1.807) is 24.3 Å². The van der Waals surface area contributed by atoms with Gasteiger partial charge in [-0.2, -0.15) is 0 Å². The highest BCUT2D eigenvalue weighted by Crippen LogP contribution is 2.35. The van der Waals surface area contributed by atoms with Crippen LogP contribution in [0.1, 0.15) is 28.3 Å². The Labute approximate surface area is 180 Å². The van der Waals surface area contributed by atoms with Crippen LogP contribution >= 0.6 is 23.1 Å². The number of nitrogens with one attached hydrogen (secondary N) is 2. The van der Waals surface area contributed by atoms with Crippen LogP contribution in [0.3, 0.4) is 0 Å². The van der Waals surface area contributed by atoms with Crippen molar-refractivity contribution in [2.24, 2.45) is 0 Å². The lowest BCUT2D eigenvalue weighted by atomic mass is 9.96. The quantitative estimate of drug-likeness (QED) is 0.460. The molecule has 1 aliphatic heterocycles. The second-order valence-corrected chi connectivity index (χ2v) is 8.45. The first kappa shape index (κ1) is 19.3. The predicted octanol–water partition coefficient (Wildman–Crippen LogP) is 4.32. The summed E-state index contributed by atoms with van der Waals surface area (Å²) < 4.78 is 23.0. The zero-order valence-electron chi connectivity index (χ0n) is 16.0. The summed E-state index contributed by atoms with van der Waals surface area (Å²) in [5, 5.41) is 3.31. The molecule has 1 saturated heterocycles. The molecule has 0 aliphatic carbocycles. The number of hydrogen-bond donors (Lipinski definition) is 2. The van der Waals surface area contributed by atoms with E-state index in [9.17, 15) is 9.18 Å². The van der Waals surface area contributed by atoms with Crippen LogP contribution in [-0.2, 0) is 0 Å². The average molecular weight is 445 g/mol.